The Labute approximate surface area is 127 Å². The molecule has 1 rings (SSSR count). The maximum absolute atomic E-state index is 11.9. The van der Waals surface area contributed by atoms with Crippen LogP contribution >= 0.6 is 0 Å². The number of aliphatic hydroxyl groups excluding tert-OH is 1. The summed E-state index contributed by atoms with van der Waals surface area (Å²) in [6.45, 7) is 5.63. The van der Waals surface area contributed by atoms with Crippen molar-refractivity contribution in [1.82, 2.24) is 5.32 Å². The SMILES string of the molecule is CC(C)C(CCN)CCC(=O)NCc1ccc(CO)cc1. The lowest BCUT2D eigenvalue weighted by Crippen LogP contribution is -2.24. The van der Waals surface area contributed by atoms with E-state index < -0.39 is 0 Å². The Balaban J connectivity index is 2.32. The minimum Gasteiger partial charge on any atom is -0.392 e. The lowest BCUT2D eigenvalue weighted by Gasteiger charge is -2.19. The summed E-state index contributed by atoms with van der Waals surface area (Å²) in [7, 11) is 0. The number of rotatable bonds is 9. The Bertz CT molecular complexity index is 415. The lowest BCUT2D eigenvalue weighted by molar-refractivity contribution is -0.121. The van der Waals surface area contributed by atoms with Crippen LogP contribution < -0.4 is 11.1 Å². The smallest absolute Gasteiger partial charge is 0.220 e. The van der Waals surface area contributed by atoms with E-state index in [1.54, 1.807) is 0 Å². The number of carbonyl (C=O) groups is 1. The van der Waals surface area contributed by atoms with Crippen LogP contribution in [-0.4, -0.2) is 17.6 Å². The van der Waals surface area contributed by atoms with E-state index in [1.165, 1.54) is 0 Å². The van der Waals surface area contributed by atoms with E-state index in [4.69, 9.17) is 10.8 Å². The van der Waals surface area contributed by atoms with Crippen LogP contribution in [0.5, 0.6) is 0 Å². The van der Waals surface area contributed by atoms with Crippen molar-refractivity contribution in [3.63, 3.8) is 0 Å². The van der Waals surface area contributed by atoms with Gasteiger partial charge in [-0.15, -0.1) is 0 Å². The summed E-state index contributed by atoms with van der Waals surface area (Å²) in [6, 6.07) is 7.60. The standard InChI is InChI=1S/C17H28N2O2/c1-13(2)16(9-10-18)7-8-17(21)19-11-14-3-5-15(12-20)6-4-14/h3-6,13,16,20H,7-12,18H2,1-2H3,(H,19,21). The van der Waals surface area contributed by atoms with Gasteiger partial charge in [-0.2, -0.15) is 0 Å². The van der Waals surface area contributed by atoms with Crippen molar-refractivity contribution in [2.45, 2.75) is 46.3 Å². The first-order chi connectivity index (χ1) is 10.1. The second kappa shape index (κ2) is 9.53. The van der Waals surface area contributed by atoms with E-state index in [0.29, 0.717) is 31.3 Å². The topological polar surface area (TPSA) is 75.4 Å². The van der Waals surface area contributed by atoms with E-state index >= 15 is 0 Å². The number of carbonyl (C=O) groups excluding carboxylic acids is 1. The molecule has 4 nitrogen and oxygen atoms in total. The third-order valence-corrected chi connectivity index (χ3v) is 3.92. The van der Waals surface area contributed by atoms with Crippen molar-refractivity contribution >= 4 is 5.91 Å². The molecule has 118 valence electrons. The molecule has 0 aliphatic carbocycles. The molecule has 0 heterocycles. The van der Waals surface area contributed by atoms with Crippen LogP contribution in [-0.2, 0) is 17.9 Å². The van der Waals surface area contributed by atoms with Gasteiger partial charge in [0.2, 0.25) is 5.91 Å². The van der Waals surface area contributed by atoms with Crippen LogP contribution in [0.15, 0.2) is 24.3 Å². The van der Waals surface area contributed by atoms with Gasteiger partial charge in [0.15, 0.2) is 0 Å². The summed E-state index contributed by atoms with van der Waals surface area (Å²) in [6.07, 6.45) is 2.43. The Morgan fingerprint density at radius 1 is 1.19 bits per heavy atom. The molecule has 0 aromatic heterocycles. The molecule has 0 spiro atoms. The summed E-state index contributed by atoms with van der Waals surface area (Å²) in [4.78, 5) is 11.9. The molecule has 1 amide bonds. The van der Waals surface area contributed by atoms with E-state index in [9.17, 15) is 4.79 Å². The van der Waals surface area contributed by atoms with Gasteiger partial charge in [-0.1, -0.05) is 38.1 Å². The van der Waals surface area contributed by atoms with E-state index in [-0.39, 0.29) is 12.5 Å². The van der Waals surface area contributed by atoms with Crippen LogP contribution in [0.1, 0.15) is 44.2 Å². The minimum absolute atomic E-state index is 0.0460. The Hall–Kier alpha value is -1.39. The Morgan fingerprint density at radius 3 is 2.33 bits per heavy atom. The van der Waals surface area contributed by atoms with E-state index in [0.717, 1.165) is 24.0 Å². The summed E-state index contributed by atoms with van der Waals surface area (Å²) in [5.41, 5.74) is 7.54. The van der Waals surface area contributed by atoms with Gasteiger partial charge < -0.3 is 16.2 Å². The van der Waals surface area contributed by atoms with Crippen molar-refractivity contribution in [1.29, 1.82) is 0 Å². The number of nitrogens with one attached hydrogen (secondary N) is 1. The van der Waals surface area contributed by atoms with Crippen LogP contribution in [0.3, 0.4) is 0 Å². The normalized spacial score (nSPS) is 12.4. The average molecular weight is 292 g/mol. The van der Waals surface area contributed by atoms with Gasteiger partial charge in [0, 0.05) is 13.0 Å². The zero-order valence-corrected chi connectivity index (χ0v) is 13.1. The van der Waals surface area contributed by atoms with Crippen molar-refractivity contribution < 1.29 is 9.90 Å². The number of amides is 1. The summed E-state index contributed by atoms with van der Waals surface area (Å²) < 4.78 is 0. The second-order valence-corrected chi connectivity index (χ2v) is 5.87. The maximum atomic E-state index is 11.9. The van der Waals surface area contributed by atoms with Gasteiger partial charge in [-0.05, 0) is 42.3 Å². The predicted octanol–water partition coefficient (Wildman–Crippen LogP) is 2.20. The number of hydrogen-bond acceptors (Lipinski definition) is 3. The van der Waals surface area contributed by atoms with Crippen molar-refractivity contribution in [2.24, 2.45) is 17.6 Å². The first-order valence-electron chi connectivity index (χ1n) is 7.72. The van der Waals surface area contributed by atoms with Gasteiger partial charge >= 0.3 is 0 Å². The third-order valence-electron chi connectivity index (χ3n) is 3.92. The molecule has 0 radical (unpaired) electrons. The molecule has 0 saturated carbocycles. The molecule has 0 aliphatic heterocycles. The summed E-state index contributed by atoms with van der Waals surface area (Å²) in [5, 5.41) is 11.9. The largest absolute Gasteiger partial charge is 0.392 e. The molecule has 21 heavy (non-hydrogen) atoms. The first-order valence-corrected chi connectivity index (χ1v) is 7.72. The van der Waals surface area contributed by atoms with Crippen LogP contribution in [0.2, 0.25) is 0 Å². The molecule has 0 saturated heterocycles. The summed E-state index contributed by atoms with van der Waals surface area (Å²) in [5.74, 6) is 1.17. The van der Waals surface area contributed by atoms with Gasteiger partial charge in [-0.3, -0.25) is 4.79 Å². The zero-order chi connectivity index (χ0) is 15.7. The van der Waals surface area contributed by atoms with Crippen LogP contribution in [0.4, 0.5) is 0 Å². The quantitative estimate of drug-likeness (QED) is 0.653. The maximum Gasteiger partial charge on any atom is 0.220 e. The van der Waals surface area contributed by atoms with Crippen molar-refractivity contribution in [2.75, 3.05) is 6.54 Å². The summed E-state index contributed by atoms with van der Waals surface area (Å²) >= 11 is 0. The van der Waals surface area contributed by atoms with E-state index in [1.807, 2.05) is 24.3 Å². The lowest BCUT2D eigenvalue weighted by atomic mass is 9.88. The molecule has 1 atom stereocenters. The Kier molecular flexibility index (Phi) is 8.01. The molecule has 1 aromatic rings. The highest BCUT2D eigenvalue weighted by molar-refractivity contribution is 5.75. The van der Waals surface area contributed by atoms with Gasteiger partial charge in [-0.25, -0.2) is 0 Å². The number of hydrogen-bond donors (Lipinski definition) is 3. The molecule has 4 N–H and O–H groups in total. The highest BCUT2D eigenvalue weighted by Gasteiger charge is 2.14. The van der Waals surface area contributed by atoms with Crippen molar-refractivity contribution in [3.8, 4) is 0 Å². The molecular formula is C17H28N2O2. The fourth-order valence-electron chi connectivity index (χ4n) is 2.39. The zero-order valence-electron chi connectivity index (χ0n) is 13.1. The number of aliphatic hydroxyl groups is 1. The fourth-order valence-corrected chi connectivity index (χ4v) is 2.39. The van der Waals surface area contributed by atoms with E-state index in [2.05, 4.69) is 19.2 Å². The number of nitrogens with two attached hydrogens (primary N) is 1. The van der Waals surface area contributed by atoms with Gasteiger partial charge in [0.1, 0.15) is 0 Å². The first kappa shape index (κ1) is 17.7. The highest BCUT2D eigenvalue weighted by atomic mass is 16.3. The Morgan fingerprint density at radius 2 is 1.81 bits per heavy atom. The monoisotopic (exact) mass is 292 g/mol. The molecule has 0 fully saturated rings. The molecular weight excluding hydrogens is 264 g/mol. The molecule has 0 aliphatic rings. The predicted molar refractivity (Wildman–Crippen MR) is 85.4 cm³/mol. The average Bonchev–Trinajstić information content (AvgIpc) is 2.49. The fraction of sp³-hybridized carbons (Fsp3) is 0.588. The molecule has 1 aromatic carbocycles. The number of benzene rings is 1. The van der Waals surface area contributed by atoms with Crippen LogP contribution in [0.25, 0.3) is 0 Å². The van der Waals surface area contributed by atoms with Crippen LogP contribution in [0, 0.1) is 11.8 Å². The molecule has 1 unspecified atom stereocenters. The van der Waals surface area contributed by atoms with Gasteiger partial charge in [0.05, 0.1) is 6.61 Å². The highest BCUT2D eigenvalue weighted by Crippen LogP contribution is 2.20. The molecule has 4 heteroatoms. The third kappa shape index (κ3) is 6.74. The second-order valence-electron chi connectivity index (χ2n) is 5.87. The van der Waals surface area contributed by atoms with Crippen molar-refractivity contribution in [3.05, 3.63) is 35.4 Å². The van der Waals surface area contributed by atoms with Gasteiger partial charge in [0.25, 0.3) is 0 Å². The molecule has 0 bridgehead atoms. The minimum atomic E-state index is 0.0460.